The van der Waals surface area contributed by atoms with Crippen LogP contribution < -0.4 is 0 Å². The number of amides is 1. The molecule has 0 aliphatic carbocycles. The number of aromatic amines is 1. The van der Waals surface area contributed by atoms with E-state index in [1.165, 1.54) is 6.07 Å². The summed E-state index contributed by atoms with van der Waals surface area (Å²) in [6.07, 6.45) is 4.25. The van der Waals surface area contributed by atoms with Gasteiger partial charge in [-0.1, -0.05) is 30.4 Å². The van der Waals surface area contributed by atoms with Crippen molar-refractivity contribution in [1.29, 1.82) is 0 Å². The number of hydrogen-bond acceptors (Lipinski definition) is 4. The normalized spacial score (nSPS) is 20.0. The van der Waals surface area contributed by atoms with Crippen molar-refractivity contribution in [3.63, 3.8) is 0 Å². The molecule has 1 aromatic heterocycles. The van der Waals surface area contributed by atoms with Gasteiger partial charge in [0, 0.05) is 32.2 Å². The molecule has 1 N–H and O–H groups in total. The first-order valence-corrected chi connectivity index (χ1v) is 8.70. The molecule has 2 atom stereocenters. The first-order chi connectivity index (χ1) is 12.5. The Hall–Kier alpha value is -2.54. The summed E-state index contributed by atoms with van der Waals surface area (Å²) < 4.78 is 19.4. The second kappa shape index (κ2) is 8.23. The maximum Gasteiger partial charge on any atom is 0.226 e. The highest BCUT2D eigenvalue weighted by molar-refractivity contribution is 5.78. The van der Waals surface area contributed by atoms with Crippen molar-refractivity contribution in [2.24, 2.45) is 0 Å². The number of likely N-dealkylation sites (N-methyl/N-ethyl adjacent to an activating group) is 1. The van der Waals surface area contributed by atoms with Gasteiger partial charge in [0.25, 0.3) is 0 Å². The molecule has 2 heterocycles. The van der Waals surface area contributed by atoms with E-state index in [1.54, 1.807) is 42.3 Å². The summed E-state index contributed by atoms with van der Waals surface area (Å²) in [5.74, 6) is 1.26. The summed E-state index contributed by atoms with van der Waals surface area (Å²) in [4.78, 5) is 18.4. The van der Waals surface area contributed by atoms with Crippen molar-refractivity contribution in [1.82, 2.24) is 20.1 Å². The first-order valence-electron chi connectivity index (χ1n) is 8.70. The molecule has 0 unspecified atom stereocenters. The van der Waals surface area contributed by atoms with E-state index < -0.39 is 0 Å². The van der Waals surface area contributed by atoms with Crippen molar-refractivity contribution in [2.45, 2.75) is 31.8 Å². The lowest BCUT2D eigenvalue weighted by Crippen LogP contribution is -2.36. The maximum absolute atomic E-state index is 13.6. The van der Waals surface area contributed by atoms with E-state index >= 15 is 0 Å². The van der Waals surface area contributed by atoms with E-state index in [0.29, 0.717) is 18.7 Å². The van der Waals surface area contributed by atoms with E-state index in [0.717, 1.165) is 18.1 Å². The van der Waals surface area contributed by atoms with Crippen molar-refractivity contribution < 1.29 is 13.9 Å². The van der Waals surface area contributed by atoms with Gasteiger partial charge in [0.15, 0.2) is 5.82 Å². The molecule has 1 aliphatic rings. The summed E-state index contributed by atoms with van der Waals surface area (Å²) in [6.45, 7) is 2.97. The Balaban J connectivity index is 1.54. The zero-order valence-corrected chi connectivity index (χ0v) is 15.0. The van der Waals surface area contributed by atoms with Gasteiger partial charge in [-0.2, -0.15) is 5.10 Å². The lowest BCUT2D eigenvalue weighted by atomic mass is 10.0. The number of carbonyl (C=O) groups is 1. The average molecular weight is 358 g/mol. The van der Waals surface area contributed by atoms with Gasteiger partial charge in [-0.3, -0.25) is 9.89 Å². The zero-order valence-electron chi connectivity index (χ0n) is 15.0. The van der Waals surface area contributed by atoms with E-state index in [1.807, 2.05) is 6.92 Å². The summed E-state index contributed by atoms with van der Waals surface area (Å²) in [5, 5.41) is 7.08. The van der Waals surface area contributed by atoms with Gasteiger partial charge >= 0.3 is 0 Å². The summed E-state index contributed by atoms with van der Waals surface area (Å²) in [5.41, 5.74) is 0.474. The van der Waals surface area contributed by atoms with Crippen LogP contribution in [-0.2, 0) is 9.53 Å². The number of nitrogens with zero attached hydrogens (tertiary/aromatic N) is 3. The number of carbonyl (C=O) groups excluding carboxylic acids is 1. The van der Waals surface area contributed by atoms with Crippen LogP contribution in [0.25, 0.3) is 6.08 Å². The number of H-pyrrole nitrogens is 1. The molecule has 1 aromatic carbocycles. The Morgan fingerprint density at radius 1 is 1.46 bits per heavy atom. The van der Waals surface area contributed by atoms with Crippen LogP contribution in [0.1, 0.15) is 36.0 Å². The standard InChI is InChI=1S/C19H23FN4O2/c1-13-21-19(23-22-13)15-10-11-26-17(15)12-24(2)18(25)9-5-7-14-6-3-4-8-16(14)20/h3-8,15,17H,9-12H2,1-2H3,(H,21,22,23)/b7-5+/t15-,17-/m1/s1. The highest BCUT2D eigenvalue weighted by Crippen LogP contribution is 2.29. The van der Waals surface area contributed by atoms with Crippen molar-refractivity contribution in [3.8, 4) is 0 Å². The zero-order chi connectivity index (χ0) is 18.5. The Morgan fingerprint density at radius 3 is 3.00 bits per heavy atom. The van der Waals surface area contributed by atoms with Crippen LogP contribution >= 0.6 is 0 Å². The van der Waals surface area contributed by atoms with Gasteiger partial charge in [-0.15, -0.1) is 0 Å². The molecule has 0 radical (unpaired) electrons. The molecule has 7 heteroatoms. The molecule has 0 bridgehead atoms. The van der Waals surface area contributed by atoms with E-state index in [9.17, 15) is 9.18 Å². The second-order valence-corrected chi connectivity index (χ2v) is 6.49. The minimum Gasteiger partial charge on any atom is -0.376 e. The third-order valence-electron chi connectivity index (χ3n) is 4.53. The molecule has 1 amide bonds. The first kappa shape index (κ1) is 18.3. The molecule has 3 rings (SSSR count). The van der Waals surface area contributed by atoms with E-state index in [2.05, 4.69) is 15.2 Å². The van der Waals surface area contributed by atoms with Crippen LogP contribution in [0, 0.1) is 12.7 Å². The van der Waals surface area contributed by atoms with Crippen LogP contribution in [0.3, 0.4) is 0 Å². The van der Waals surface area contributed by atoms with Gasteiger partial charge in [-0.25, -0.2) is 9.37 Å². The number of hydrogen-bond donors (Lipinski definition) is 1. The predicted molar refractivity (Wildman–Crippen MR) is 95.9 cm³/mol. The van der Waals surface area contributed by atoms with Gasteiger partial charge in [0.2, 0.25) is 5.91 Å². The molecule has 0 saturated carbocycles. The Labute approximate surface area is 152 Å². The predicted octanol–water partition coefficient (Wildman–Crippen LogP) is 2.69. The molecule has 1 saturated heterocycles. The number of rotatable bonds is 6. The monoisotopic (exact) mass is 358 g/mol. The Kier molecular flexibility index (Phi) is 5.78. The quantitative estimate of drug-likeness (QED) is 0.862. The van der Waals surface area contributed by atoms with Gasteiger partial charge in [-0.05, 0) is 19.4 Å². The van der Waals surface area contributed by atoms with E-state index in [4.69, 9.17) is 4.74 Å². The lowest BCUT2D eigenvalue weighted by Gasteiger charge is -2.23. The molecule has 6 nitrogen and oxygen atoms in total. The van der Waals surface area contributed by atoms with Crippen LogP contribution in [0.2, 0.25) is 0 Å². The largest absolute Gasteiger partial charge is 0.376 e. The van der Waals surface area contributed by atoms with Crippen LogP contribution in [0.5, 0.6) is 0 Å². The smallest absolute Gasteiger partial charge is 0.226 e. The number of aryl methyl sites for hydroxylation is 1. The van der Waals surface area contributed by atoms with E-state index in [-0.39, 0.29) is 30.2 Å². The lowest BCUT2D eigenvalue weighted by molar-refractivity contribution is -0.130. The number of aromatic nitrogens is 3. The molecule has 2 aromatic rings. The summed E-state index contributed by atoms with van der Waals surface area (Å²) >= 11 is 0. The van der Waals surface area contributed by atoms with Crippen LogP contribution in [-0.4, -0.2) is 52.3 Å². The van der Waals surface area contributed by atoms with Gasteiger partial charge in [0.05, 0.1) is 12.0 Å². The minimum absolute atomic E-state index is 0.0435. The highest BCUT2D eigenvalue weighted by atomic mass is 19.1. The van der Waals surface area contributed by atoms with Gasteiger partial charge in [0.1, 0.15) is 11.6 Å². The maximum atomic E-state index is 13.6. The molecular weight excluding hydrogens is 335 g/mol. The second-order valence-electron chi connectivity index (χ2n) is 6.49. The topological polar surface area (TPSA) is 71.1 Å². The van der Waals surface area contributed by atoms with Crippen LogP contribution in [0.15, 0.2) is 30.3 Å². The summed E-state index contributed by atoms with van der Waals surface area (Å²) in [6, 6.07) is 6.48. The fourth-order valence-electron chi connectivity index (χ4n) is 3.07. The van der Waals surface area contributed by atoms with Crippen LogP contribution in [0.4, 0.5) is 4.39 Å². The molecule has 138 valence electrons. The molecular formula is C19H23FN4O2. The fourth-order valence-corrected chi connectivity index (χ4v) is 3.07. The van der Waals surface area contributed by atoms with Gasteiger partial charge < -0.3 is 9.64 Å². The number of benzene rings is 1. The number of nitrogens with one attached hydrogen (secondary N) is 1. The SMILES string of the molecule is Cc1nc([C@@H]2CCO[C@@H]2CN(C)C(=O)C/C=C/c2ccccc2F)n[nH]1. The summed E-state index contributed by atoms with van der Waals surface area (Å²) in [7, 11) is 1.75. The molecule has 1 aliphatic heterocycles. The molecule has 26 heavy (non-hydrogen) atoms. The third kappa shape index (κ3) is 4.35. The Bertz CT molecular complexity index is 789. The minimum atomic E-state index is -0.298. The number of halogens is 1. The Morgan fingerprint density at radius 2 is 2.27 bits per heavy atom. The average Bonchev–Trinajstić information content (AvgIpc) is 3.25. The fraction of sp³-hybridized carbons (Fsp3) is 0.421. The third-order valence-corrected chi connectivity index (χ3v) is 4.53. The molecule has 0 spiro atoms. The van der Waals surface area contributed by atoms with Crippen molar-refractivity contribution in [2.75, 3.05) is 20.2 Å². The van der Waals surface area contributed by atoms with Crippen molar-refractivity contribution in [3.05, 3.63) is 53.4 Å². The highest BCUT2D eigenvalue weighted by Gasteiger charge is 2.33. The number of ether oxygens (including phenoxy) is 1. The van der Waals surface area contributed by atoms with Crippen molar-refractivity contribution >= 4 is 12.0 Å². The molecule has 1 fully saturated rings.